The van der Waals surface area contributed by atoms with Crippen LogP contribution in [-0.2, 0) is 23.2 Å². The van der Waals surface area contributed by atoms with E-state index in [1.807, 2.05) is 6.08 Å². The van der Waals surface area contributed by atoms with Gasteiger partial charge in [-0.05, 0) is 36.6 Å². The number of carbonyl (C=O) groups excluding carboxylic acids is 2. The summed E-state index contributed by atoms with van der Waals surface area (Å²) in [7, 11) is 1.43. The molecule has 2 aromatic rings. The van der Waals surface area contributed by atoms with Crippen molar-refractivity contribution in [3.05, 3.63) is 74.1 Å². The Morgan fingerprint density at radius 2 is 1.81 bits per heavy atom. The van der Waals surface area contributed by atoms with Gasteiger partial charge < -0.3 is 5.11 Å². The minimum Gasteiger partial charge on any atom is -0.508 e. The lowest BCUT2D eigenvalue weighted by molar-refractivity contribution is -0.139. The fraction of sp³-hybridized carbons (Fsp3) is 0.391. The van der Waals surface area contributed by atoms with Crippen molar-refractivity contribution in [3.8, 4) is 5.75 Å². The summed E-state index contributed by atoms with van der Waals surface area (Å²) in [6.45, 7) is 3.62. The lowest BCUT2D eigenvalue weighted by atomic mass is 9.51. The van der Waals surface area contributed by atoms with Gasteiger partial charge in [0, 0.05) is 24.4 Å². The quantitative estimate of drug-likeness (QED) is 0.702. The van der Waals surface area contributed by atoms with Crippen molar-refractivity contribution >= 4 is 11.6 Å². The van der Waals surface area contributed by atoms with Gasteiger partial charge in [-0.1, -0.05) is 31.2 Å². The molecule has 0 amide bonds. The summed E-state index contributed by atoms with van der Waals surface area (Å²) in [6.07, 6.45) is 3.49. The molecule has 0 radical (unpaired) electrons. The third-order valence-electron chi connectivity index (χ3n) is 7.34. The summed E-state index contributed by atoms with van der Waals surface area (Å²) in [5.74, 6) is -1.54. The molecule has 1 saturated carbocycles. The van der Waals surface area contributed by atoms with Crippen LogP contribution in [0.2, 0.25) is 0 Å². The van der Waals surface area contributed by atoms with Gasteiger partial charge in [-0.25, -0.2) is 23.5 Å². The lowest BCUT2D eigenvalue weighted by Gasteiger charge is -2.52. The van der Waals surface area contributed by atoms with Crippen molar-refractivity contribution in [3.63, 3.8) is 0 Å². The standard InChI is InChI=1S/C23H23N3O5/c1-12-10-18(28)15-11-16-13(8-9-25-21(30)24(3)22(31)26(16)25)19(23(15,2)20(12)29)14-6-4-5-7-17(14)27/h4-8,10,15-16,19,27H,9,11H2,1-3H3/t15-,16+,19+,23+/m0/s1. The van der Waals surface area contributed by atoms with Crippen LogP contribution in [0.5, 0.6) is 5.75 Å². The second kappa shape index (κ2) is 6.29. The number of rotatable bonds is 1. The van der Waals surface area contributed by atoms with Crippen LogP contribution >= 0.6 is 0 Å². The Labute approximate surface area is 177 Å². The van der Waals surface area contributed by atoms with Crippen molar-refractivity contribution in [1.29, 1.82) is 0 Å². The van der Waals surface area contributed by atoms with Gasteiger partial charge in [-0.15, -0.1) is 0 Å². The fourth-order valence-electron chi connectivity index (χ4n) is 5.84. The molecule has 1 fully saturated rings. The SMILES string of the molecule is CC1=CC(=O)[C@@H]2C[C@@H]3C(=CCn4c(=O)n(C)c(=O)n43)[C@H](c3ccccc3O)[C@]2(C)C1=O. The molecule has 5 rings (SSSR count). The van der Waals surface area contributed by atoms with Crippen molar-refractivity contribution < 1.29 is 14.7 Å². The van der Waals surface area contributed by atoms with Crippen LogP contribution in [0.25, 0.3) is 0 Å². The first-order valence-corrected chi connectivity index (χ1v) is 10.3. The number of fused-ring (bicyclic) bond motifs is 4. The smallest absolute Gasteiger partial charge is 0.347 e. The second-order valence-electron chi connectivity index (χ2n) is 8.89. The summed E-state index contributed by atoms with van der Waals surface area (Å²) in [6, 6.07) is 6.24. The molecule has 4 atom stereocenters. The first kappa shape index (κ1) is 19.5. The van der Waals surface area contributed by atoms with E-state index < -0.39 is 34.7 Å². The molecule has 1 aliphatic heterocycles. The van der Waals surface area contributed by atoms with Crippen molar-refractivity contribution in [2.24, 2.45) is 18.4 Å². The highest BCUT2D eigenvalue weighted by Crippen LogP contribution is 2.60. The van der Waals surface area contributed by atoms with Gasteiger partial charge in [0.1, 0.15) is 5.75 Å². The zero-order chi connectivity index (χ0) is 22.2. The Hall–Kier alpha value is -3.42. The molecule has 3 aliphatic rings. The molecule has 1 N–H and O–H groups in total. The number of ketones is 2. The molecule has 1 aromatic heterocycles. The maximum Gasteiger partial charge on any atom is 0.347 e. The molecule has 0 unspecified atom stereocenters. The van der Waals surface area contributed by atoms with Gasteiger partial charge in [-0.2, -0.15) is 0 Å². The van der Waals surface area contributed by atoms with Crippen molar-refractivity contribution in [1.82, 2.24) is 13.9 Å². The summed E-state index contributed by atoms with van der Waals surface area (Å²) in [5, 5.41) is 10.7. The number of benzene rings is 1. The van der Waals surface area contributed by atoms with Crippen molar-refractivity contribution in [2.75, 3.05) is 0 Å². The maximum atomic E-state index is 13.5. The molecule has 2 heterocycles. The second-order valence-corrected chi connectivity index (χ2v) is 8.89. The van der Waals surface area contributed by atoms with E-state index in [-0.39, 0.29) is 30.3 Å². The number of phenols is 1. The number of carbonyl (C=O) groups is 2. The summed E-state index contributed by atoms with van der Waals surface area (Å²) < 4.78 is 3.84. The maximum absolute atomic E-state index is 13.5. The van der Waals surface area contributed by atoms with Crippen LogP contribution in [-0.4, -0.2) is 30.6 Å². The number of aromatic nitrogens is 3. The highest BCUT2D eigenvalue weighted by atomic mass is 16.3. The average molecular weight is 421 g/mol. The Morgan fingerprint density at radius 3 is 2.52 bits per heavy atom. The molecule has 1 aromatic carbocycles. The van der Waals surface area contributed by atoms with Crippen molar-refractivity contribution in [2.45, 2.75) is 38.8 Å². The predicted molar refractivity (Wildman–Crippen MR) is 112 cm³/mol. The highest BCUT2D eigenvalue weighted by molar-refractivity contribution is 6.13. The Bertz CT molecular complexity index is 1340. The number of para-hydroxylation sites is 1. The largest absolute Gasteiger partial charge is 0.508 e. The van der Waals surface area contributed by atoms with E-state index in [9.17, 15) is 24.3 Å². The first-order valence-electron chi connectivity index (χ1n) is 10.3. The Kier molecular flexibility index (Phi) is 3.96. The topological polar surface area (TPSA) is 103 Å². The molecule has 2 aliphatic carbocycles. The van der Waals surface area contributed by atoms with Crippen LogP contribution in [0.15, 0.2) is 57.2 Å². The van der Waals surface area contributed by atoms with Crippen LogP contribution in [0.4, 0.5) is 0 Å². The summed E-state index contributed by atoms with van der Waals surface area (Å²) in [5.41, 5.74) is -0.257. The number of allylic oxidation sites excluding steroid dienone is 4. The lowest BCUT2D eigenvalue weighted by Crippen LogP contribution is -2.54. The molecule has 31 heavy (non-hydrogen) atoms. The number of nitrogens with zero attached hydrogens (tertiary/aromatic N) is 3. The highest BCUT2D eigenvalue weighted by Gasteiger charge is 2.59. The molecule has 0 bridgehead atoms. The minimum absolute atomic E-state index is 0.0323. The Balaban J connectivity index is 1.82. The Morgan fingerprint density at radius 1 is 1.10 bits per heavy atom. The number of hydrogen-bond donors (Lipinski definition) is 1. The molecule has 8 heteroatoms. The van der Waals surface area contributed by atoms with Gasteiger partial charge in [0.2, 0.25) is 0 Å². The molecular formula is C23H23N3O5. The molecular weight excluding hydrogens is 398 g/mol. The van der Waals surface area contributed by atoms with Gasteiger partial charge in [0.25, 0.3) is 0 Å². The zero-order valence-electron chi connectivity index (χ0n) is 17.5. The normalized spacial score (nSPS) is 29.6. The van der Waals surface area contributed by atoms with Gasteiger partial charge in [0.15, 0.2) is 11.6 Å². The van der Waals surface area contributed by atoms with E-state index in [0.717, 1.165) is 10.1 Å². The minimum atomic E-state index is -1.10. The first-order chi connectivity index (χ1) is 14.7. The number of aromatic hydroxyl groups is 1. The number of Topliss-reactive ketones (excluding diaryl/α,β-unsaturated/α-hetero) is 1. The number of phenolic OH excluding ortho intramolecular Hbond substituents is 1. The fourth-order valence-corrected chi connectivity index (χ4v) is 5.84. The van der Waals surface area contributed by atoms with E-state index in [4.69, 9.17) is 0 Å². The molecule has 0 saturated heterocycles. The molecule has 0 spiro atoms. The molecule has 8 nitrogen and oxygen atoms in total. The van der Waals surface area contributed by atoms with Gasteiger partial charge >= 0.3 is 11.4 Å². The van der Waals surface area contributed by atoms with Crippen LogP contribution in [0.1, 0.15) is 37.8 Å². The molecule has 160 valence electrons. The van der Waals surface area contributed by atoms with E-state index >= 15 is 0 Å². The monoisotopic (exact) mass is 421 g/mol. The van der Waals surface area contributed by atoms with Crippen LogP contribution in [0, 0.1) is 11.3 Å². The number of hydrogen-bond acceptors (Lipinski definition) is 5. The zero-order valence-corrected chi connectivity index (χ0v) is 17.5. The summed E-state index contributed by atoms with van der Waals surface area (Å²) >= 11 is 0. The van der Waals surface area contributed by atoms with Gasteiger partial charge in [-0.3, -0.25) is 9.59 Å². The van der Waals surface area contributed by atoms with E-state index in [0.29, 0.717) is 11.1 Å². The van der Waals surface area contributed by atoms with E-state index in [1.165, 1.54) is 22.5 Å². The predicted octanol–water partition coefficient (Wildman–Crippen LogP) is 1.44. The third-order valence-corrected chi connectivity index (χ3v) is 7.34. The van der Waals surface area contributed by atoms with E-state index in [2.05, 4.69) is 0 Å². The van der Waals surface area contributed by atoms with E-state index in [1.54, 1.807) is 38.1 Å². The third kappa shape index (κ3) is 2.35. The summed E-state index contributed by atoms with van der Waals surface area (Å²) in [4.78, 5) is 52.1. The van der Waals surface area contributed by atoms with Crippen LogP contribution < -0.4 is 11.4 Å². The van der Waals surface area contributed by atoms with Crippen LogP contribution in [0.3, 0.4) is 0 Å². The van der Waals surface area contributed by atoms with Gasteiger partial charge in [0.05, 0.1) is 18.0 Å². The average Bonchev–Trinajstić information content (AvgIpc) is 2.96.